The molecule has 1 fully saturated rings. The second-order valence-corrected chi connectivity index (χ2v) is 6.48. The number of aromatic nitrogens is 1. The van der Waals surface area contributed by atoms with E-state index < -0.39 is 17.8 Å². The van der Waals surface area contributed by atoms with Gasteiger partial charge >= 0.3 is 5.97 Å². The number of carbonyl (C=O) groups is 2. The molecule has 2 heterocycles. The first-order chi connectivity index (χ1) is 12.5. The first-order valence-corrected chi connectivity index (χ1v) is 8.43. The standard InChI is InChI=1S/C19H20FN3O3/c20-15-4-6-16(7-5-15)22-18(24)13-9-14(19(25)26)11-23(10-13)12-17-3-1-2-8-21-17/h1-8,13-14H,9-12H2,(H,22,24)(H,25,26)/t13-,14+/m1/s1. The van der Waals surface area contributed by atoms with Crippen LogP contribution in [0.25, 0.3) is 0 Å². The van der Waals surface area contributed by atoms with Crippen molar-refractivity contribution in [3.8, 4) is 0 Å². The summed E-state index contributed by atoms with van der Waals surface area (Å²) in [6.07, 6.45) is 1.97. The Labute approximate surface area is 150 Å². The second-order valence-electron chi connectivity index (χ2n) is 6.48. The normalized spacial score (nSPS) is 20.5. The first kappa shape index (κ1) is 18.0. The Hall–Kier alpha value is -2.80. The Bertz CT molecular complexity index is 767. The van der Waals surface area contributed by atoms with E-state index in [0.717, 1.165) is 5.69 Å². The SMILES string of the molecule is O=C(O)[C@H]1C[C@@H](C(=O)Nc2ccc(F)cc2)CN(Cc2ccccn2)C1. The first-order valence-electron chi connectivity index (χ1n) is 8.43. The molecular formula is C19H20FN3O3. The molecule has 2 aromatic rings. The van der Waals surface area contributed by atoms with E-state index in [2.05, 4.69) is 10.3 Å². The van der Waals surface area contributed by atoms with Gasteiger partial charge in [0, 0.05) is 31.5 Å². The molecule has 0 saturated carbocycles. The van der Waals surface area contributed by atoms with E-state index in [9.17, 15) is 19.1 Å². The van der Waals surface area contributed by atoms with Crippen LogP contribution < -0.4 is 5.32 Å². The molecule has 2 N–H and O–H groups in total. The molecule has 0 radical (unpaired) electrons. The number of aliphatic carboxylic acids is 1. The van der Waals surface area contributed by atoms with Crippen molar-refractivity contribution in [1.82, 2.24) is 9.88 Å². The minimum absolute atomic E-state index is 0.256. The van der Waals surface area contributed by atoms with Crippen molar-refractivity contribution in [2.24, 2.45) is 11.8 Å². The lowest BCUT2D eigenvalue weighted by atomic mass is 9.88. The smallest absolute Gasteiger partial charge is 0.307 e. The summed E-state index contributed by atoms with van der Waals surface area (Å²) in [6, 6.07) is 11.1. The van der Waals surface area contributed by atoms with Crippen LogP contribution in [-0.4, -0.2) is 40.0 Å². The number of nitrogens with zero attached hydrogens (tertiary/aromatic N) is 2. The highest BCUT2D eigenvalue weighted by Crippen LogP contribution is 2.25. The highest BCUT2D eigenvalue weighted by Gasteiger charge is 2.35. The number of halogens is 1. The van der Waals surface area contributed by atoms with E-state index in [1.165, 1.54) is 24.3 Å². The van der Waals surface area contributed by atoms with Crippen LogP contribution in [0.4, 0.5) is 10.1 Å². The molecule has 1 amide bonds. The van der Waals surface area contributed by atoms with Crippen LogP contribution in [0, 0.1) is 17.7 Å². The summed E-state index contributed by atoms with van der Waals surface area (Å²) in [5.41, 5.74) is 1.32. The van der Waals surface area contributed by atoms with Gasteiger partial charge in [-0.25, -0.2) is 4.39 Å². The fourth-order valence-corrected chi connectivity index (χ4v) is 3.19. The van der Waals surface area contributed by atoms with E-state index in [-0.39, 0.29) is 18.1 Å². The van der Waals surface area contributed by atoms with Crippen molar-refractivity contribution in [2.75, 3.05) is 18.4 Å². The zero-order chi connectivity index (χ0) is 18.5. The van der Waals surface area contributed by atoms with Crippen LogP contribution in [-0.2, 0) is 16.1 Å². The largest absolute Gasteiger partial charge is 0.481 e. The van der Waals surface area contributed by atoms with Crippen LogP contribution >= 0.6 is 0 Å². The van der Waals surface area contributed by atoms with E-state index in [4.69, 9.17) is 0 Å². The number of hydrogen-bond donors (Lipinski definition) is 2. The van der Waals surface area contributed by atoms with Gasteiger partial charge in [-0.15, -0.1) is 0 Å². The quantitative estimate of drug-likeness (QED) is 0.859. The molecule has 0 spiro atoms. The van der Waals surface area contributed by atoms with Crippen molar-refractivity contribution >= 4 is 17.6 Å². The zero-order valence-corrected chi connectivity index (χ0v) is 14.1. The monoisotopic (exact) mass is 357 g/mol. The summed E-state index contributed by atoms with van der Waals surface area (Å²) in [4.78, 5) is 30.3. The van der Waals surface area contributed by atoms with Crippen LogP contribution in [0.15, 0.2) is 48.7 Å². The summed E-state index contributed by atoms with van der Waals surface area (Å²) in [6.45, 7) is 1.32. The van der Waals surface area contributed by atoms with Gasteiger partial charge in [0.15, 0.2) is 0 Å². The highest BCUT2D eigenvalue weighted by atomic mass is 19.1. The molecule has 136 valence electrons. The topological polar surface area (TPSA) is 82.5 Å². The lowest BCUT2D eigenvalue weighted by Gasteiger charge is -2.35. The van der Waals surface area contributed by atoms with Gasteiger partial charge in [-0.1, -0.05) is 6.07 Å². The van der Waals surface area contributed by atoms with Crippen LogP contribution in [0.2, 0.25) is 0 Å². The lowest BCUT2D eigenvalue weighted by Crippen LogP contribution is -2.46. The van der Waals surface area contributed by atoms with Crippen LogP contribution in [0.5, 0.6) is 0 Å². The molecule has 7 heteroatoms. The molecule has 0 unspecified atom stereocenters. The Morgan fingerprint density at radius 3 is 2.54 bits per heavy atom. The number of rotatable bonds is 5. The summed E-state index contributed by atoms with van der Waals surface area (Å²) >= 11 is 0. The van der Waals surface area contributed by atoms with Gasteiger partial charge in [0.05, 0.1) is 17.5 Å². The predicted octanol–water partition coefficient (Wildman–Crippen LogP) is 2.38. The molecular weight excluding hydrogens is 337 g/mol. The maximum atomic E-state index is 13.0. The van der Waals surface area contributed by atoms with Gasteiger partial charge < -0.3 is 10.4 Å². The number of amides is 1. The Morgan fingerprint density at radius 1 is 1.15 bits per heavy atom. The number of hydrogen-bond acceptors (Lipinski definition) is 4. The van der Waals surface area contributed by atoms with E-state index in [1.807, 2.05) is 23.1 Å². The van der Waals surface area contributed by atoms with Crippen molar-refractivity contribution in [1.29, 1.82) is 0 Å². The molecule has 0 aliphatic carbocycles. The molecule has 1 aliphatic rings. The fraction of sp³-hybridized carbons (Fsp3) is 0.316. The zero-order valence-electron chi connectivity index (χ0n) is 14.1. The maximum Gasteiger partial charge on any atom is 0.307 e. The predicted molar refractivity (Wildman–Crippen MR) is 93.8 cm³/mol. The number of pyridine rings is 1. The van der Waals surface area contributed by atoms with Crippen molar-refractivity contribution in [3.63, 3.8) is 0 Å². The van der Waals surface area contributed by atoms with Crippen molar-refractivity contribution in [2.45, 2.75) is 13.0 Å². The molecule has 1 aliphatic heterocycles. The average Bonchev–Trinajstić information content (AvgIpc) is 2.64. The number of anilines is 1. The summed E-state index contributed by atoms with van der Waals surface area (Å²) in [7, 11) is 0. The van der Waals surface area contributed by atoms with E-state index in [1.54, 1.807) is 6.20 Å². The third-order valence-corrected chi connectivity index (χ3v) is 4.47. The van der Waals surface area contributed by atoms with Crippen LogP contribution in [0.3, 0.4) is 0 Å². The number of likely N-dealkylation sites (tertiary alicyclic amines) is 1. The number of benzene rings is 1. The lowest BCUT2D eigenvalue weighted by molar-refractivity contribution is -0.145. The third-order valence-electron chi connectivity index (χ3n) is 4.47. The Morgan fingerprint density at radius 2 is 1.88 bits per heavy atom. The summed E-state index contributed by atoms with van der Waals surface area (Å²) in [5, 5.41) is 12.2. The molecule has 26 heavy (non-hydrogen) atoms. The fourth-order valence-electron chi connectivity index (χ4n) is 3.19. The molecule has 3 rings (SSSR count). The minimum atomic E-state index is -0.907. The average molecular weight is 357 g/mol. The summed E-state index contributed by atoms with van der Waals surface area (Å²) < 4.78 is 13.0. The van der Waals surface area contributed by atoms with Gasteiger partial charge in [-0.2, -0.15) is 0 Å². The Balaban J connectivity index is 1.69. The number of carbonyl (C=O) groups excluding carboxylic acids is 1. The van der Waals surface area contributed by atoms with Gasteiger partial charge in [0.2, 0.25) is 5.91 Å². The molecule has 2 atom stereocenters. The van der Waals surface area contributed by atoms with E-state index in [0.29, 0.717) is 25.3 Å². The highest BCUT2D eigenvalue weighted by molar-refractivity contribution is 5.93. The van der Waals surface area contributed by atoms with Gasteiger partial charge in [0.1, 0.15) is 5.82 Å². The van der Waals surface area contributed by atoms with Gasteiger partial charge in [-0.3, -0.25) is 19.5 Å². The minimum Gasteiger partial charge on any atom is -0.481 e. The molecule has 1 aromatic heterocycles. The number of piperidine rings is 1. The molecule has 0 bridgehead atoms. The van der Waals surface area contributed by atoms with Crippen molar-refractivity contribution in [3.05, 3.63) is 60.2 Å². The molecule has 1 aromatic carbocycles. The Kier molecular flexibility index (Phi) is 5.58. The summed E-state index contributed by atoms with van der Waals surface area (Å²) in [5.74, 6) is -2.62. The van der Waals surface area contributed by atoms with Gasteiger partial charge in [0.25, 0.3) is 0 Å². The van der Waals surface area contributed by atoms with E-state index >= 15 is 0 Å². The maximum absolute atomic E-state index is 13.0. The second kappa shape index (κ2) is 8.05. The van der Waals surface area contributed by atoms with Crippen LogP contribution in [0.1, 0.15) is 12.1 Å². The number of carboxylic acids is 1. The molecule has 1 saturated heterocycles. The number of nitrogens with one attached hydrogen (secondary N) is 1. The number of carboxylic acid groups (broad SMARTS) is 1. The van der Waals surface area contributed by atoms with Crippen molar-refractivity contribution < 1.29 is 19.1 Å². The molecule has 6 nitrogen and oxygen atoms in total. The third kappa shape index (κ3) is 4.64. The van der Waals surface area contributed by atoms with Gasteiger partial charge in [-0.05, 0) is 42.8 Å².